The molecule has 4 aromatic rings. The van der Waals surface area contributed by atoms with Crippen molar-refractivity contribution in [3.8, 4) is 5.95 Å². The van der Waals surface area contributed by atoms with Gasteiger partial charge in [-0.05, 0) is 42.3 Å². The molecule has 5 rings (SSSR count). The molecule has 7 nitrogen and oxygen atoms in total. The molecule has 1 aliphatic heterocycles. The lowest BCUT2D eigenvalue weighted by molar-refractivity contribution is 0.618. The van der Waals surface area contributed by atoms with E-state index in [4.69, 9.17) is 15.7 Å². The summed E-state index contributed by atoms with van der Waals surface area (Å²) < 4.78 is 15.3. The molecule has 0 fully saturated rings. The second kappa shape index (κ2) is 7.81. The molecule has 0 amide bonds. The standard InChI is InChI=1S/C22H22FN7/c23-16-5-1-3-14(9-16)11-26-21-17-7-8-25-13-19(17)28-22(29-21)30-20-6-2-4-15(10-24)18(20)12-27-30/h1-6,9,12,25H,7-8,10-11,13,24H2,(H,26,28,29). The summed E-state index contributed by atoms with van der Waals surface area (Å²) in [5.74, 6) is 1.02. The number of halogens is 1. The maximum atomic E-state index is 13.5. The molecule has 2 aromatic heterocycles. The molecule has 4 N–H and O–H groups in total. The third kappa shape index (κ3) is 3.40. The van der Waals surface area contributed by atoms with Gasteiger partial charge in [0.1, 0.15) is 11.6 Å². The van der Waals surface area contributed by atoms with E-state index in [0.29, 0.717) is 25.6 Å². The Hall–Kier alpha value is -3.36. The summed E-state index contributed by atoms with van der Waals surface area (Å²) in [5.41, 5.74) is 10.7. The van der Waals surface area contributed by atoms with Crippen molar-refractivity contribution in [2.45, 2.75) is 26.1 Å². The minimum Gasteiger partial charge on any atom is -0.366 e. The van der Waals surface area contributed by atoms with Crippen LogP contribution in [0.3, 0.4) is 0 Å². The van der Waals surface area contributed by atoms with Crippen molar-refractivity contribution >= 4 is 16.7 Å². The summed E-state index contributed by atoms with van der Waals surface area (Å²) in [7, 11) is 0. The molecule has 0 aliphatic carbocycles. The Bertz CT molecular complexity index is 1220. The van der Waals surface area contributed by atoms with E-state index in [1.54, 1.807) is 16.9 Å². The van der Waals surface area contributed by atoms with Gasteiger partial charge in [-0.15, -0.1) is 0 Å². The van der Waals surface area contributed by atoms with Gasteiger partial charge in [0, 0.05) is 30.6 Å². The highest BCUT2D eigenvalue weighted by Gasteiger charge is 2.20. The Kier molecular flexibility index (Phi) is 4.86. The van der Waals surface area contributed by atoms with Crippen LogP contribution < -0.4 is 16.4 Å². The summed E-state index contributed by atoms with van der Waals surface area (Å²) in [6, 6.07) is 12.5. The lowest BCUT2D eigenvalue weighted by Gasteiger charge is -2.21. The molecule has 0 saturated heterocycles. The van der Waals surface area contributed by atoms with Crippen molar-refractivity contribution in [2.24, 2.45) is 5.73 Å². The first-order valence-electron chi connectivity index (χ1n) is 9.98. The molecule has 152 valence electrons. The first kappa shape index (κ1) is 18.7. The number of aromatic nitrogens is 4. The predicted molar refractivity (Wildman–Crippen MR) is 114 cm³/mol. The van der Waals surface area contributed by atoms with Gasteiger partial charge in [-0.2, -0.15) is 14.8 Å². The number of benzene rings is 2. The summed E-state index contributed by atoms with van der Waals surface area (Å²) in [6.07, 6.45) is 2.64. The fourth-order valence-corrected chi connectivity index (χ4v) is 3.87. The molecule has 2 aromatic carbocycles. The Morgan fingerprint density at radius 3 is 2.93 bits per heavy atom. The lowest BCUT2D eigenvalue weighted by Crippen LogP contribution is -2.27. The molecule has 0 unspecified atom stereocenters. The van der Waals surface area contributed by atoms with E-state index < -0.39 is 0 Å². The summed E-state index contributed by atoms with van der Waals surface area (Å²) in [5, 5.41) is 12.3. The van der Waals surface area contributed by atoms with Gasteiger partial charge in [0.05, 0.1) is 17.4 Å². The van der Waals surface area contributed by atoms with E-state index in [2.05, 4.69) is 15.7 Å². The highest BCUT2D eigenvalue weighted by molar-refractivity contribution is 5.83. The fourth-order valence-electron chi connectivity index (χ4n) is 3.87. The molecule has 3 heterocycles. The molecular formula is C22H22FN7. The van der Waals surface area contributed by atoms with E-state index in [9.17, 15) is 4.39 Å². The molecule has 0 spiro atoms. The average molecular weight is 403 g/mol. The number of rotatable bonds is 5. The number of hydrogen-bond donors (Lipinski definition) is 3. The summed E-state index contributed by atoms with van der Waals surface area (Å²) in [6.45, 7) is 2.46. The molecule has 0 atom stereocenters. The summed E-state index contributed by atoms with van der Waals surface area (Å²) >= 11 is 0. The van der Waals surface area contributed by atoms with Crippen LogP contribution in [0, 0.1) is 5.82 Å². The average Bonchev–Trinajstić information content (AvgIpc) is 3.21. The van der Waals surface area contributed by atoms with Gasteiger partial charge in [-0.3, -0.25) is 0 Å². The van der Waals surface area contributed by atoms with Crippen LogP contribution in [0.4, 0.5) is 10.2 Å². The zero-order chi connectivity index (χ0) is 20.5. The van der Waals surface area contributed by atoms with Crippen molar-refractivity contribution < 1.29 is 4.39 Å². The number of nitrogens with one attached hydrogen (secondary N) is 2. The van der Waals surface area contributed by atoms with Crippen LogP contribution >= 0.6 is 0 Å². The van der Waals surface area contributed by atoms with E-state index in [-0.39, 0.29) is 5.82 Å². The van der Waals surface area contributed by atoms with Crippen molar-refractivity contribution in [2.75, 3.05) is 11.9 Å². The van der Waals surface area contributed by atoms with Crippen molar-refractivity contribution in [3.05, 3.63) is 76.9 Å². The van der Waals surface area contributed by atoms with Gasteiger partial charge in [0.2, 0.25) is 0 Å². The number of nitrogens with zero attached hydrogens (tertiary/aromatic N) is 4. The Morgan fingerprint density at radius 1 is 1.17 bits per heavy atom. The van der Waals surface area contributed by atoms with Gasteiger partial charge < -0.3 is 16.4 Å². The third-order valence-electron chi connectivity index (χ3n) is 5.39. The van der Waals surface area contributed by atoms with Gasteiger partial charge in [0.25, 0.3) is 5.95 Å². The van der Waals surface area contributed by atoms with Gasteiger partial charge >= 0.3 is 0 Å². The molecule has 0 saturated carbocycles. The molecule has 30 heavy (non-hydrogen) atoms. The topological polar surface area (TPSA) is 93.7 Å². The van der Waals surface area contributed by atoms with Crippen LogP contribution in [0.15, 0.2) is 48.7 Å². The molecule has 0 bridgehead atoms. The van der Waals surface area contributed by atoms with E-state index >= 15 is 0 Å². The van der Waals surface area contributed by atoms with Crippen LogP contribution in [-0.4, -0.2) is 26.3 Å². The molecular weight excluding hydrogens is 381 g/mol. The number of hydrogen-bond acceptors (Lipinski definition) is 6. The van der Waals surface area contributed by atoms with E-state index in [0.717, 1.165) is 52.1 Å². The molecule has 8 heteroatoms. The predicted octanol–water partition coefficient (Wildman–Crippen LogP) is 2.67. The second-order valence-electron chi connectivity index (χ2n) is 7.32. The Morgan fingerprint density at radius 2 is 2.07 bits per heavy atom. The van der Waals surface area contributed by atoms with Gasteiger partial charge in [-0.25, -0.2) is 9.37 Å². The zero-order valence-corrected chi connectivity index (χ0v) is 16.4. The van der Waals surface area contributed by atoms with Crippen molar-refractivity contribution in [1.82, 2.24) is 25.1 Å². The van der Waals surface area contributed by atoms with Crippen LogP contribution in [0.5, 0.6) is 0 Å². The highest BCUT2D eigenvalue weighted by atomic mass is 19.1. The lowest BCUT2D eigenvalue weighted by atomic mass is 10.1. The first-order chi connectivity index (χ1) is 14.7. The first-order valence-corrected chi connectivity index (χ1v) is 9.98. The largest absolute Gasteiger partial charge is 0.366 e. The van der Waals surface area contributed by atoms with E-state index in [1.165, 1.54) is 12.1 Å². The Labute approximate surface area is 173 Å². The van der Waals surface area contributed by atoms with Crippen LogP contribution in [0.25, 0.3) is 16.9 Å². The maximum absolute atomic E-state index is 13.5. The zero-order valence-electron chi connectivity index (χ0n) is 16.4. The van der Waals surface area contributed by atoms with Crippen LogP contribution in [0.2, 0.25) is 0 Å². The van der Waals surface area contributed by atoms with Crippen LogP contribution in [-0.2, 0) is 26.1 Å². The van der Waals surface area contributed by atoms with Gasteiger partial charge in [0.15, 0.2) is 0 Å². The van der Waals surface area contributed by atoms with Crippen molar-refractivity contribution in [1.29, 1.82) is 0 Å². The highest BCUT2D eigenvalue weighted by Crippen LogP contribution is 2.25. The molecule has 0 radical (unpaired) electrons. The number of nitrogens with two attached hydrogens (primary N) is 1. The second-order valence-corrected chi connectivity index (χ2v) is 7.32. The quantitative estimate of drug-likeness (QED) is 0.474. The van der Waals surface area contributed by atoms with Crippen LogP contribution in [0.1, 0.15) is 22.4 Å². The minimum atomic E-state index is -0.248. The van der Waals surface area contributed by atoms with Crippen molar-refractivity contribution in [3.63, 3.8) is 0 Å². The number of fused-ring (bicyclic) bond motifs is 2. The third-order valence-corrected chi connectivity index (χ3v) is 5.39. The normalized spacial score (nSPS) is 13.4. The summed E-state index contributed by atoms with van der Waals surface area (Å²) in [4.78, 5) is 9.58. The van der Waals surface area contributed by atoms with Gasteiger partial charge in [-0.1, -0.05) is 24.3 Å². The minimum absolute atomic E-state index is 0.248. The maximum Gasteiger partial charge on any atom is 0.253 e. The van der Waals surface area contributed by atoms with E-state index in [1.807, 2.05) is 24.3 Å². The SMILES string of the molecule is NCc1cccc2c1cnn2-c1nc2c(c(NCc3cccc(F)c3)n1)CCNC2. The Balaban J connectivity index is 1.56. The fraction of sp³-hybridized carbons (Fsp3) is 0.227. The smallest absolute Gasteiger partial charge is 0.253 e. The monoisotopic (exact) mass is 403 g/mol. The number of anilines is 1. The molecule has 1 aliphatic rings.